The molecule has 0 saturated heterocycles. The fourth-order valence-corrected chi connectivity index (χ4v) is 15.5. The van der Waals surface area contributed by atoms with Crippen LogP contribution >= 0.6 is 0 Å². The second-order valence-corrected chi connectivity index (χ2v) is 26.5. The zero-order valence-electron chi connectivity index (χ0n) is 55.8. The largest absolute Gasteiger partial charge is 0.310 e. The average molecular weight is 1290 g/mol. The highest BCUT2D eigenvalue weighted by atomic mass is 15.1. The lowest BCUT2D eigenvalue weighted by Gasteiger charge is -2.26. The molecule has 0 aliphatic heterocycles. The van der Waals surface area contributed by atoms with Gasteiger partial charge in [0.05, 0.1) is 22.1 Å². The highest BCUT2D eigenvalue weighted by Crippen LogP contribution is 2.44. The molecule has 0 spiro atoms. The van der Waals surface area contributed by atoms with E-state index in [-0.39, 0.29) is 5.92 Å². The predicted molar refractivity (Wildman–Crippen MR) is 431 cm³/mol. The monoisotopic (exact) mass is 1290 g/mol. The Labute approximate surface area is 589 Å². The Hall–Kier alpha value is -13.1. The maximum atomic E-state index is 4.09. The van der Waals surface area contributed by atoms with Gasteiger partial charge in [-0.05, 0) is 208 Å². The van der Waals surface area contributed by atoms with E-state index < -0.39 is 0 Å². The number of rotatable bonds is 16. The molecule has 0 radical (unpaired) electrons. The number of fused-ring (bicyclic) bond motifs is 10. The zero-order chi connectivity index (χ0) is 67.3. The summed E-state index contributed by atoms with van der Waals surface area (Å²) in [6.45, 7) is 8.17. The van der Waals surface area contributed by atoms with E-state index in [0.717, 1.165) is 62.6 Å². The summed E-state index contributed by atoms with van der Waals surface area (Å²) in [5, 5.41) is 9.88. The smallest absolute Gasteiger partial charge is 0.0547 e. The Balaban J connectivity index is 0.660. The second-order valence-electron chi connectivity index (χ2n) is 26.5. The maximum absolute atomic E-state index is 4.09. The molecule has 2 aromatic heterocycles. The van der Waals surface area contributed by atoms with Crippen molar-refractivity contribution in [1.29, 1.82) is 0 Å². The highest BCUT2D eigenvalue weighted by molar-refractivity contribution is 6.24. The first-order valence-corrected chi connectivity index (χ1v) is 34.8. The van der Waals surface area contributed by atoms with E-state index in [1.807, 2.05) is 12.2 Å². The first kappa shape index (κ1) is 60.3. The molecule has 3 heteroatoms. The molecule has 1 unspecified atom stereocenters. The number of aromatic nitrogens is 2. The van der Waals surface area contributed by atoms with Crippen molar-refractivity contribution in [3.05, 3.63) is 405 Å². The molecule has 0 aliphatic carbocycles. The van der Waals surface area contributed by atoms with Gasteiger partial charge in [-0.15, -0.1) is 0 Å². The van der Waals surface area contributed by atoms with Gasteiger partial charge in [0, 0.05) is 55.9 Å². The zero-order valence-corrected chi connectivity index (χ0v) is 55.8. The third kappa shape index (κ3) is 11.2. The maximum Gasteiger partial charge on any atom is 0.0547 e. The quantitative estimate of drug-likeness (QED) is 0.0940. The van der Waals surface area contributed by atoms with Crippen molar-refractivity contribution in [2.24, 2.45) is 0 Å². The SMILES string of the molecule is C=Cc1cccc(C(Cc2ccc(-c3ccc(-n4c5ccc(-c6ccc7c(c6)c6c8ccccc8ccc6n7-c6ccc(-c7ccc(N(c8ccc(-c9ccccc9)cc8)c8cccc(C=C)c8)cc7)cc6)cc5c5c6ccccc6ccc54)cc3)cc2)c2ccc(-c3ccccc3)cc2)c1. The summed E-state index contributed by atoms with van der Waals surface area (Å²) in [4.78, 5) is 2.32. The molecule has 0 N–H and O–H groups in total. The van der Waals surface area contributed by atoms with Crippen molar-refractivity contribution in [3.8, 4) is 67.0 Å². The highest BCUT2D eigenvalue weighted by Gasteiger charge is 2.22. The van der Waals surface area contributed by atoms with Gasteiger partial charge in [0.15, 0.2) is 0 Å². The van der Waals surface area contributed by atoms with Crippen molar-refractivity contribution in [2.75, 3.05) is 4.90 Å². The summed E-state index contributed by atoms with van der Waals surface area (Å²) in [6.07, 6.45) is 4.72. The minimum Gasteiger partial charge on any atom is -0.310 e. The molecule has 1 atom stereocenters. The standard InChI is InChI=1S/C98H69N3/c1-3-66-17-15-25-82(61-66)90(79-35-33-72(34-36-79)69-19-7-5-8-20-69)63-68-29-31-71(32-30-68)74-41-53-85(54-42-74)100-93-57-47-80(64-91(93)97-88-27-13-11-23-77(88)45-59-95(97)100)81-48-58-94-92(65-81)98-89-28-14-12-24-78(89)46-60-96(98)101(94)86-55-43-76(44-56-86)75-39-51-84(52-40-75)99(87-26-16-18-67(4-2)62-87)83-49-37-73(38-50-83)70-21-9-6-10-22-70/h3-62,64-65,90H,1-2,63H2. The molecule has 0 saturated carbocycles. The molecular weight excluding hydrogens is 1220 g/mol. The summed E-state index contributed by atoms with van der Waals surface area (Å²) in [6, 6.07) is 134. The second kappa shape index (κ2) is 25.7. The van der Waals surface area contributed by atoms with Gasteiger partial charge in [0.2, 0.25) is 0 Å². The van der Waals surface area contributed by atoms with Crippen LogP contribution in [0.25, 0.3) is 144 Å². The Morgan fingerprint density at radius 2 is 0.653 bits per heavy atom. The van der Waals surface area contributed by atoms with Crippen molar-refractivity contribution in [1.82, 2.24) is 9.13 Å². The van der Waals surface area contributed by atoms with Crippen LogP contribution in [0.4, 0.5) is 17.1 Å². The molecular formula is C98H69N3. The summed E-state index contributed by atoms with van der Waals surface area (Å²) in [7, 11) is 0. The van der Waals surface area contributed by atoms with E-state index in [0.29, 0.717) is 0 Å². The van der Waals surface area contributed by atoms with E-state index in [4.69, 9.17) is 0 Å². The minimum absolute atomic E-state index is 0.179. The van der Waals surface area contributed by atoms with Crippen LogP contribution in [-0.4, -0.2) is 9.13 Å². The molecule has 0 fully saturated rings. The Morgan fingerprint density at radius 1 is 0.267 bits per heavy atom. The van der Waals surface area contributed by atoms with E-state index in [9.17, 15) is 0 Å². The van der Waals surface area contributed by atoms with Crippen molar-refractivity contribution < 1.29 is 0 Å². The number of hydrogen-bond donors (Lipinski definition) is 0. The molecule has 101 heavy (non-hydrogen) atoms. The van der Waals surface area contributed by atoms with Crippen LogP contribution < -0.4 is 4.90 Å². The van der Waals surface area contributed by atoms with Crippen molar-refractivity contribution in [2.45, 2.75) is 12.3 Å². The fraction of sp³-hybridized carbons (Fsp3) is 0.0204. The van der Waals surface area contributed by atoms with Crippen LogP contribution in [-0.2, 0) is 6.42 Å². The van der Waals surface area contributed by atoms with Crippen LogP contribution in [0.1, 0.15) is 33.7 Å². The van der Waals surface area contributed by atoms with Gasteiger partial charge < -0.3 is 14.0 Å². The number of nitrogens with zero attached hydrogens (tertiary/aromatic N) is 3. The molecule has 16 aromatic carbocycles. The van der Waals surface area contributed by atoms with Crippen LogP contribution in [0.5, 0.6) is 0 Å². The Kier molecular flexibility index (Phi) is 15.4. The number of anilines is 3. The van der Waals surface area contributed by atoms with Crippen molar-refractivity contribution in [3.63, 3.8) is 0 Å². The van der Waals surface area contributed by atoms with E-state index in [2.05, 4.69) is 391 Å². The van der Waals surface area contributed by atoms with Crippen LogP contribution in [0.15, 0.2) is 377 Å². The molecule has 3 nitrogen and oxygen atoms in total. The lowest BCUT2D eigenvalue weighted by atomic mass is 9.84. The molecule has 18 rings (SSSR count). The normalized spacial score (nSPS) is 11.8. The lowest BCUT2D eigenvalue weighted by Crippen LogP contribution is -2.10. The Bertz CT molecular complexity index is 6140. The van der Waals surface area contributed by atoms with Crippen LogP contribution in [0.3, 0.4) is 0 Å². The lowest BCUT2D eigenvalue weighted by molar-refractivity contribution is 0.805. The summed E-state index contributed by atoms with van der Waals surface area (Å²) in [5.41, 5.74) is 28.1. The van der Waals surface area contributed by atoms with Gasteiger partial charge in [0.25, 0.3) is 0 Å². The minimum atomic E-state index is 0.179. The van der Waals surface area contributed by atoms with Gasteiger partial charge >= 0.3 is 0 Å². The fourth-order valence-electron chi connectivity index (χ4n) is 15.5. The first-order chi connectivity index (χ1) is 49.9. The molecule has 0 amide bonds. The van der Waals surface area contributed by atoms with Gasteiger partial charge in [-0.1, -0.05) is 292 Å². The molecule has 0 bridgehead atoms. The summed E-state index contributed by atoms with van der Waals surface area (Å²) < 4.78 is 4.90. The van der Waals surface area contributed by atoms with Crippen molar-refractivity contribution >= 4 is 94.4 Å². The summed E-state index contributed by atoms with van der Waals surface area (Å²) >= 11 is 0. The van der Waals surface area contributed by atoms with Gasteiger partial charge in [-0.3, -0.25) is 0 Å². The molecule has 0 aliphatic rings. The summed E-state index contributed by atoms with van der Waals surface area (Å²) in [5.74, 6) is 0.179. The van der Waals surface area contributed by atoms with Crippen LogP contribution in [0, 0.1) is 0 Å². The van der Waals surface area contributed by atoms with E-state index >= 15 is 0 Å². The topological polar surface area (TPSA) is 13.1 Å². The van der Waals surface area contributed by atoms with E-state index in [1.165, 1.54) is 121 Å². The third-order valence-electron chi connectivity index (χ3n) is 20.6. The number of benzene rings is 16. The number of hydrogen-bond acceptors (Lipinski definition) is 1. The Morgan fingerprint density at radius 3 is 1.13 bits per heavy atom. The van der Waals surface area contributed by atoms with E-state index in [1.54, 1.807) is 0 Å². The van der Waals surface area contributed by atoms with Gasteiger partial charge in [0.1, 0.15) is 0 Å². The predicted octanol–water partition coefficient (Wildman–Crippen LogP) is 26.7. The first-order valence-electron chi connectivity index (χ1n) is 34.8. The molecule has 2 heterocycles. The third-order valence-corrected chi connectivity index (χ3v) is 20.6. The van der Waals surface area contributed by atoms with Gasteiger partial charge in [-0.2, -0.15) is 0 Å². The molecule has 476 valence electrons. The van der Waals surface area contributed by atoms with Gasteiger partial charge in [-0.25, -0.2) is 0 Å². The molecule has 18 aromatic rings. The van der Waals surface area contributed by atoms with Crippen LogP contribution in [0.2, 0.25) is 0 Å². The average Bonchev–Trinajstić information content (AvgIpc) is 1.52.